The SMILES string of the molecule is CC(C)COc1ccc(C2=C(O)C(=O)N(C3CCCCCC3)C2=O)cc1. The standard InChI is InChI=1S/C21H27NO4/c1-14(2)13-26-17-11-9-15(10-12-17)18-19(23)21(25)22(20(18)24)16-7-5-3-4-6-8-16/h9-12,14,16,23H,3-8,13H2,1-2H3. The van der Waals surface area contributed by atoms with Gasteiger partial charge in [-0.3, -0.25) is 14.5 Å². The maximum Gasteiger partial charge on any atom is 0.296 e. The van der Waals surface area contributed by atoms with Crippen LogP contribution in [-0.2, 0) is 9.59 Å². The fourth-order valence-corrected chi connectivity index (χ4v) is 3.62. The lowest BCUT2D eigenvalue weighted by Gasteiger charge is -2.25. The lowest BCUT2D eigenvalue weighted by atomic mass is 10.0. The van der Waals surface area contributed by atoms with Crippen LogP contribution in [0, 0.1) is 5.92 Å². The lowest BCUT2D eigenvalue weighted by molar-refractivity contribution is -0.141. The summed E-state index contributed by atoms with van der Waals surface area (Å²) in [6, 6.07) is 6.88. The van der Waals surface area contributed by atoms with Crippen LogP contribution in [0.2, 0.25) is 0 Å². The van der Waals surface area contributed by atoms with Crippen molar-refractivity contribution in [3.8, 4) is 5.75 Å². The second-order valence-electron chi connectivity index (χ2n) is 7.58. The van der Waals surface area contributed by atoms with E-state index in [1.807, 2.05) is 0 Å². The number of ether oxygens (including phenoxy) is 1. The molecule has 1 fully saturated rings. The van der Waals surface area contributed by atoms with E-state index in [4.69, 9.17) is 4.74 Å². The molecule has 5 nitrogen and oxygen atoms in total. The van der Waals surface area contributed by atoms with Crippen LogP contribution in [0.5, 0.6) is 5.75 Å². The molecule has 1 aromatic carbocycles. The van der Waals surface area contributed by atoms with Gasteiger partial charge in [0.15, 0.2) is 5.76 Å². The van der Waals surface area contributed by atoms with E-state index >= 15 is 0 Å². The Hall–Kier alpha value is -2.30. The van der Waals surface area contributed by atoms with Gasteiger partial charge in [-0.2, -0.15) is 0 Å². The van der Waals surface area contributed by atoms with Gasteiger partial charge in [0.2, 0.25) is 0 Å². The van der Waals surface area contributed by atoms with Crippen molar-refractivity contribution in [1.29, 1.82) is 0 Å². The van der Waals surface area contributed by atoms with Crippen LogP contribution < -0.4 is 4.74 Å². The minimum Gasteiger partial charge on any atom is -0.502 e. The molecule has 1 N–H and O–H groups in total. The van der Waals surface area contributed by atoms with E-state index in [2.05, 4.69) is 13.8 Å². The van der Waals surface area contributed by atoms with Gasteiger partial charge in [-0.1, -0.05) is 51.7 Å². The van der Waals surface area contributed by atoms with Crippen LogP contribution in [0.1, 0.15) is 57.9 Å². The number of aliphatic hydroxyl groups is 1. The molecule has 0 spiro atoms. The number of hydrogen-bond acceptors (Lipinski definition) is 4. The van der Waals surface area contributed by atoms with Crippen molar-refractivity contribution in [2.45, 2.75) is 58.4 Å². The third-order valence-corrected chi connectivity index (χ3v) is 5.01. The fraction of sp³-hybridized carbons (Fsp3) is 0.524. The number of rotatable bonds is 5. The topological polar surface area (TPSA) is 66.8 Å². The molecule has 1 aliphatic heterocycles. The van der Waals surface area contributed by atoms with Gasteiger partial charge in [0.05, 0.1) is 12.2 Å². The highest BCUT2D eigenvalue weighted by Crippen LogP contribution is 2.33. The average Bonchev–Trinajstić information content (AvgIpc) is 2.81. The molecule has 0 radical (unpaired) electrons. The monoisotopic (exact) mass is 357 g/mol. The molecule has 1 heterocycles. The summed E-state index contributed by atoms with van der Waals surface area (Å²) in [7, 11) is 0. The van der Waals surface area contributed by atoms with Gasteiger partial charge in [-0.05, 0) is 36.5 Å². The van der Waals surface area contributed by atoms with Gasteiger partial charge in [0.1, 0.15) is 5.75 Å². The highest BCUT2D eigenvalue weighted by Gasteiger charge is 2.42. The summed E-state index contributed by atoms with van der Waals surface area (Å²) in [5.74, 6) is -0.245. The number of benzene rings is 1. The number of carbonyl (C=O) groups is 2. The van der Waals surface area contributed by atoms with Crippen molar-refractivity contribution in [1.82, 2.24) is 4.90 Å². The van der Waals surface area contributed by atoms with E-state index in [1.54, 1.807) is 24.3 Å². The molecule has 140 valence electrons. The van der Waals surface area contributed by atoms with Crippen molar-refractivity contribution in [2.75, 3.05) is 6.61 Å². The highest BCUT2D eigenvalue weighted by molar-refractivity contribution is 6.35. The third kappa shape index (κ3) is 3.76. The number of aliphatic hydroxyl groups excluding tert-OH is 1. The van der Waals surface area contributed by atoms with E-state index in [1.165, 1.54) is 4.90 Å². The molecule has 2 aliphatic rings. The maximum atomic E-state index is 12.9. The second-order valence-corrected chi connectivity index (χ2v) is 7.58. The first-order valence-corrected chi connectivity index (χ1v) is 9.53. The average molecular weight is 357 g/mol. The van der Waals surface area contributed by atoms with E-state index < -0.39 is 11.7 Å². The Morgan fingerprint density at radius 3 is 2.23 bits per heavy atom. The summed E-state index contributed by atoms with van der Waals surface area (Å²) in [5, 5.41) is 10.3. The summed E-state index contributed by atoms with van der Waals surface area (Å²) < 4.78 is 5.65. The second kappa shape index (κ2) is 7.94. The van der Waals surface area contributed by atoms with Crippen LogP contribution in [0.15, 0.2) is 30.0 Å². The largest absolute Gasteiger partial charge is 0.502 e. The Morgan fingerprint density at radius 1 is 1.04 bits per heavy atom. The van der Waals surface area contributed by atoms with Gasteiger partial charge in [-0.15, -0.1) is 0 Å². The van der Waals surface area contributed by atoms with Crippen molar-refractivity contribution in [3.63, 3.8) is 0 Å². The van der Waals surface area contributed by atoms with Crippen molar-refractivity contribution in [3.05, 3.63) is 35.6 Å². The molecule has 3 rings (SSSR count). The lowest BCUT2D eigenvalue weighted by Crippen LogP contribution is -2.40. The molecule has 0 unspecified atom stereocenters. The smallest absolute Gasteiger partial charge is 0.296 e. The van der Waals surface area contributed by atoms with Crippen LogP contribution in [0.3, 0.4) is 0 Å². The molecule has 0 bridgehead atoms. The molecule has 0 saturated heterocycles. The third-order valence-electron chi connectivity index (χ3n) is 5.01. The first-order valence-electron chi connectivity index (χ1n) is 9.53. The molecule has 0 aromatic heterocycles. The minimum absolute atomic E-state index is 0.106. The Labute approximate surface area is 154 Å². The van der Waals surface area contributed by atoms with Crippen LogP contribution >= 0.6 is 0 Å². The Kier molecular flexibility index (Phi) is 5.64. The number of carbonyl (C=O) groups excluding carboxylic acids is 2. The summed E-state index contributed by atoms with van der Waals surface area (Å²) in [5.41, 5.74) is 0.656. The minimum atomic E-state index is -0.558. The fourth-order valence-electron chi connectivity index (χ4n) is 3.62. The van der Waals surface area contributed by atoms with Gasteiger partial charge in [0, 0.05) is 6.04 Å². The number of amides is 2. The Morgan fingerprint density at radius 2 is 1.65 bits per heavy atom. The van der Waals surface area contributed by atoms with Crippen molar-refractivity contribution >= 4 is 17.4 Å². The summed E-state index contributed by atoms with van der Waals surface area (Å²) in [6.45, 7) is 4.75. The molecule has 5 heteroatoms. The normalized spacial score (nSPS) is 19.4. The van der Waals surface area contributed by atoms with Crippen LogP contribution in [-0.4, -0.2) is 34.5 Å². The predicted octanol–water partition coefficient (Wildman–Crippen LogP) is 4.08. The van der Waals surface area contributed by atoms with Crippen LogP contribution in [0.4, 0.5) is 0 Å². The molecular formula is C21H27NO4. The molecule has 0 atom stereocenters. The quantitative estimate of drug-likeness (QED) is 0.637. The maximum absolute atomic E-state index is 12.9. The first kappa shape index (κ1) is 18.5. The van der Waals surface area contributed by atoms with Gasteiger partial charge < -0.3 is 9.84 Å². The summed E-state index contributed by atoms with van der Waals surface area (Å²) in [4.78, 5) is 26.7. The highest BCUT2D eigenvalue weighted by atomic mass is 16.5. The zero-order valence-electron chi connectivity index (χ0n) is 15.5. The molecular weight excluding hydrogens is 330 g/mol. The Bertz CT molecular complexity index is 697. The van der Waals surface area contributed by atoms with Gasteiger partial charge in [-0.25, -0.2) is 0 Å². The van der Waals surface area contributed by atoms with Gasteiger partial charge in [0.25, 0.3) is 11.8 Å². The van der Waals surface area contributed by atoms with E-state index in [9.17, 15) is 14.7 Å². The molecule has 26 heavy (non-hydrogen) atoms. The molecule has 1 saturated carbocycles. The molecule has 2 amide bonds. The van der Waals surface area contributed by atoms with Crippen LogP contribution in [0.25, 0.3) is 5.57 Å². The first-order chi connectivity index (χ1) is 12.5. The number of imide groups is 1. The van der Waals surface area contributed by atoms with Gasteiger partial charge >= 0.3 is 0 Å². The van der Waals surface area contributed by atoms with Crippen molar-refractivity contribution < 1.29 is 19.4 Å². The Balaban J connectivity index is 1.79. The summed E-state index contributed by atoms with van der Waals surface area (Å²) in [6.07, 6.45) is 5.94. The van der Waals surface area contributed by atoms with Crippen molar-refractivity contribution in [2.24, 2.45) is 5.92 Å². The molecule has 1 aliphatic carbocycles. The zero-order chi connectivity index (χ0) is 18.7. The number of hydrogen-bond donors (Lipinski definition) is 1. The number of nitrogens with zero attached hydrogens (tertiary/aromatic N) is 1. The molecule has 1 aromatic rings. The van der Waals surface area contributed by atoms with E-state index in [-0.39, 0.29) is 17.5 Å². The predicted molar refractivity (Wildman–Crippen MR) is 99.7 cm³/mol. The van der Waals surface area contributed by atoms with E-state index in [0.29, 0.717) is 23.8 Å². The zero-order valence-corrected chi connectivity index (χ0v) is 15.5. The van der Waals surface area contributed by atoms with E-state index in [0.717, 1.165) is 38.5 Å². The summed E-state index contributed by atoms with van der Waals surface area (Å²) >= 11 is 0.